The van der Waals surface area contributed by atoms with Gasteiger partial charge < -0.3 is 0 Å². The number of alkyl halides is 1. The molecule has 0 amide bonds. The number of hydrogen-bond acceptors (Lipinski definition) is 0. The highest BCUT2D eigenvalue weighted by atomic mass is 35.5. The minimum Gasteiger partial charge on any atom is -0.117 e. The van der Waals surface area contributed by atoms with Crippen LogP contribution >= 0.6 is 11.6 Å². The zero-order chi connectivity index (χ0) is 14.8. The lowest BCUT2D eigenvalue weighted by molar-refractivity contribution is -0.103. The van der Waals surface area contributed by atoms with Crippen LogP contribution < -0.4 is 0 Å². The van der Waals surface area contributed by atoms with E-state index in [0.29, 0.717) is 10.8 Å². The summed E-state index contributed by atoms with van der Waals surface area (Å²) in [6.07, 6.45) is 8.51. The third-order valence-corrected chi connectivity index (χ3v) is 7.33. The Morgan fingerprint density at radius 1 is 1.10 bits per heavy atom. The molecule has 0 saturated heterocycles. The van der Waals surface area contributed by atoms with E-state index in [4.69, 9.17) is 11.6 Å². The van der Waals surface area contributed by atoms with Gasteiger partial charge in [0.2, 0.25) is 0 Å². The zero-order valence-corrected chi connectivity index (χ0v) is 14.3. The predicted molar refractivity (Wildman–Crippen MR) is 89.7 cm³/mol. The predicted octanol–water partition coefficient (Wildman–Crippen LogP) is 6.19. The van der Waals surface area contributed by atoms with E-state index < -0.39 is 0 Å². The van der Waals surface area contributed by atoms with E-state index in [1.54, 1.807) is 0 Å². The molecule has 4 aliphatic rings. The molecule has 4 fully saturated rings. The monoisotopic (exact) mass is 302 g/mol. The van der Waals surface area contributed by atoms with Gasteiger partial charge in [0, 0.05) is 0 Å². The van der Waals surface area contributed by atoms with Gasteiger partial charge in [0.1, 0.15) is 0 Å². The molecule has 114 valence electrons. The van der Waals surface area contributed by atoms with Gasteiger partial charge in [0.15, 0.2) is 0 Å². The van der Waals surface area contributed by atoms with Gasteiger partial charge in [0.05, 0.1) is 5.38 Å². The molecule has 1 aromatic rings. The standard InChI is InChI=1S/C20H27Cl/c1-13-4-5-17(14(2)6-13)18(21)20-10-15-7-16(11-20)9-19(3,8-15)12-20/h4-6,15-16,18H,7-12H2,1-3H3. The van der Waals surface area contributed by atoms with Crippen molar-refractivity contribution in [1.29, 1.82) is 0 Å². The third-order valence-electron chi connectivity index (χ3n) is 6.63. The number of rotatable bonds is 2. The van der Waals surface area contributed by atoms with Gasteiger partial charge in [-0.15, -0.1) is 11.6 Å². The maximum absolute atomic E-state index is 7.15. The van der Waals surface area contributed by atoms with E-state index in [1.807, 2.05) is 0 Å². The van der Waals surface area contributed by atoms with Crippen LogP contribution in [0.3, 0.4) is 0 Å². The minimum atomic E-state index is 0.211. The van der Waals surface area contributed by atoms with Crippen molar-refractivity contribution >= 4 is 11.6 Å². The Balaban J connectivity index is 1.72. The molecule has 0 heterocycles. The van der Waals surface area contributed by atoms with Crippen LogP contribution in [-0.2, 0) is 0 Å². The van der Waals surface area contributed by atoms with E-state index in [9.17, 15) is 0 Å². The SMILES string of the molecule is Cc1ccc(C(Cl)C23CC4CC(CC(C)(C4)C2)C3)c(C)c1. The summed E-state index contributed by atoms with van der Waals surface area (Å²) in [6.45, 7) is 6.94. The fourth-order valence-electron chi connectivity index (χ4n) is 6.53. The van der Waals surface area contributed by atoms with E-state index in [1.165, 1.54) is 55.2 Å². The molecule has 0 nitrogen and oxygen atoms in total. The first-order chi connectivity index (χ1) is 9.89. The second kappa shape index (κ2) is 4.51. The second-order valence-corrected chi connectivity index (χ2v) is 9.29. The summed E-state index contributed by atoms with van der Waals surface area (Å²) in [5.74, 6) is 1.89. The lowest BCUT2D eigenvalue weighted by atomic mass is 9.43. The van der Waals surface area contributed by atoms with E-state index in [-0.39, 0.29) is 5.38 Å². The lowest BCUT2D eigenvalue weighted by Crippen LogP contribution is -2.52. The van der Waals surface area contributed by atoms with Crippen molar-refractivity contribution in [3.8, 4) is 0 Å². The van der Waals surface area contributed by atoms with Crippen molar-refractivity contribution < 1.29 is 0 Å². The van der Waals surface area contributed by atoms with Crippen LogP contribution in [-0.4, -0.2) is 0 Å². The molecule has 0 aromatic heterocycles. The Morgan fingerprint density at radius 2 is 1.76 bits per heavy atom. The minimum absolute atomic E-state index is 0.211. The summed E-state index contributed by atoms with van der Waals surface area (Å²) in [7, 11) is 0. The van der Waals surface area contributed by atoms with Crippen molar-refractivity contribution in [3.63, 3.8) is 0 Å². The molecule has 4 bridgehead atoms. The fourth-order valence-corrected chi connectivity index (χ4v) is 7.03. The normalized spacial score (nSPS) is 42.3. The first-order valence-electron chi connectivity index (χ1n) is 8.60. The number of hydrogen-bond donors (Lipinski definition) is 0. The van der Waals surface area contributed by atoms with Crippen LogP contribution in [0.15, 0.2) is 18.2 Å². The molecule has 0 spiro atoms. The van der Waals surface area contributed by atoms with Crippen LogP contribution in [0.2, 0.25) is 0 Å². The van der Waals surface area contributed by atoms with Crippen LogP contribution in [0, 0.1) is 36.5 Å². The maximum atomic E-state index is 7.15. The average Bonchev–Trinajstić information content (AvgIpc) is 2.35. The van der Waals surface area contributed by atoms with Crippen LogP contribution in [0.5, 0.6) is 0 Å². The molecule has 0 aliphatic heterocycles. The zero-order valence-electron chi connectivity index (χ0n) is 13.6. The van der Waals surface area contributed by atoms with Gasteiger partial charge in [-0.25, -0.2) is 0 Å². The Hall–Kier alpha value is -0.490. The smallest absolute Gasteiger partial charge is 0.0644 e. The molecule has 3 unspecified atom stereocenters. The molecule has 0 N–H and O–H groups in total. The molecule has 4 aliphatic carbocycles. The molecular formula is C20H27Cl. The molecule has 3 atom stereocenters. The molecule has 0 radical (unpaired) electrons. The molecular weight excluding hydrogens is 276 g/mol. The summed E-state index contributed by atoms with van der Waals surface area (Å²) in [6, 6.07) is 6.83. The lowest BCUT2D eigenvalue weighted by Gasteiger charge is -2.62. The number of benzene rings is 1. The molecule has 5 rings (SSSR count). The highest BCUT2D eigenvalue weighted by molar-refractivity contribution is 6.21. The van der Waals surface area contributed by atoms with Crippen molar-refractivity contribution in [1.82, 2.24) is 0 Å². The van der Waals surface area contributed by atoms with Gasteiger partial charge in [-0.2, -0.15) is 0 Å². The first-order valence-corrected chi connectivity index (χ1v) is 9.04. The van der Waals surface area contributed by atoms with Gasteiger partial charge in [-0.3, -0.25) is 0 Å². The Kier molecular flexibility index (Phi) is 3.03. The largest absolute Gasteiger partial charge is 0.117 e. The van der Waals surface area contributed by atoms with Crippen molar-refractivity contribution in [2.24, 2.45) is 22.7 Å². The third kappa shape index (κ3) is 2.17. The van der Waals surface area contributed by atoms with Crippen LogP contribution in [0.4, 0.5) is 0 Å². The van der Waals surface area contributed by atoms with Crippen LogP contribution in [0.25, 0.3) is 0 Å². The number of halogens is 1. The Morgan fingerprint density at radius 3 is 2.33 bits per heavy atom. The van der Waals surface area contributed by atoms with Crippen LogP contribution in [0.1, 0.15) is 67.5 Å². The Labute approximate surface area is 134 Å². The quantitative estimate of drug-likeness (QED) is 0.571. The molecule has 4 saturated carbocycles. The highest BCUT2D eigenvalue weighted by Gasteiger charge is 2.58. The first kappa shape index (κ1) is 14.1. The second-order valence-electron chi connectivity index (χ2n) is 8.86. The highest BCUT2D eigenvalue weighted by Crippen LogP contribution is 2.69. The van der Waals surface area contributed by atoms with E-state index in [2.05, 4.69) is 39.0 Å². The van der Waals surface area contributed by atoms with Gasteiger partial charge in [-0.05, 0) is 86.2 Å². The Bertz CT molecular complexity index is 559. The molecule has 21 heavy (non-hydrogen) atoms. The van der Waals surface area contributed by atoms with E-state index in [0.717, 1.165) is 11.8 Å². The van der Waals surface area contributed by atoms with Crippen molar-refractivity contribution in [3.05, 3.63) is 34.9 Å². The molecule has 1 heteroatoms. The maximum Gasteiger partial charge on any atom is 0.0644 e. The van der Waals surface area contributed by atoms with Gasteiger partial charge in [-0.1, -0.05) is 30.7 Å². The summed E-state index contributed by atoms with van der Waals surface area (Å²) < 4.78 is 0. The average molecular weight is 303 g/mol. The van der Waals surface area contributed by atoms with Gasteiger partial charge in [0.25, 0.3) is 0 Å². The van der Waals surface area contributed by atoms with E-state index >= 15 is 0 Å². The summed E-state index contributed by atoms with van der Waals surface area (Å²) >= 11 is 7.15. The fraction of sp³-hybridized carbons (Fsp3) is 0.700. The van der Waals surface area contributed by atoms with Crippen molar-refractivity contribution in [2.45, 2.75) is 64.7 Å². The summed E-state index contributed by atoms with van der Waals surface area (Å²) in [5.41, 5.74) is 5.08. The van der Waals surface area contributed by atoms with Gasteiger partial charge >= 0.3 is 0 Å². The van der Waals surface area contributed by atoms with Crippen molar-refractivity contribution in [2.75, 3.05) is 0 Å². The molecule has 1 aromatic carbocycles. The topological polar surface area (TPSA) is 0 Å². The number of aryl methyl sites for hydroxylation is 2. The summed E-state index contributed by atoms with van der Waals surface area (Å²) in [5, 5.41) is 0.211. The summed E-state index contributed by atoms with van der Waals surface area (Å²) in [4.78, 5) is 0.